The molecule has 2 aromatic rings. The van der Waals surface area contributed by atoms with E-state index in [-0.39, 0.29) is 17.7 Å². The third-order valence-electron chi connectivity index (χ3n) is 4.11. The Labute approximate surface area is 132 Å². The first-order valence-corrected chi connectivity index (χ1v) is 7.80. The largest absolute Gasteiger partial charge is 0.393 e. The standard InChI is InChI=1S/C15H18N4O2S/c20-13-3-1-12(2-4-13)19-8-11(14(21)18-15(19)22)5-10-6-16-9-17-7-10/h6-9,12-13,20H,1-5H2,(H,18,21,22). The van der Waals surface area contributed by atoms with Gasteiger partial charge in [0.2, 0.25) is 0 Å². The average molecular weight is 318 g/mol. The van der Waals surface area contributed by atoms with Crippen LogP contribution in [0.15, 0.2) is 29.7 Å². The smallest absolute Gasteiger partial charge is 0.255 e. The predicted molar refractivity (Wildman–Crippen MR) is 84.2 cm³/mol. The summed E-state index contributed by atoms with van der Waals surface area (Å²) in [6.45, 7) is 0. The molecule has 22 heavy (non-hydrogen) atoms. The van der Waals surface area contributed by atoms with Crippen LogP contribution in [0.4, 0.5) is 0 Å². The zero-order chi connectivity index (χ0) is 15.5. The van der Waals surface area contributed by atoms with E-state index in [2.05, 4.69) is 15.0 Å². The van der Waals surface area contributed by atoms with Gasteiger partial charge in [0.05, 0.1) is 6.10 Å². The highest BCUT2D eigenvalue weighted by Crippen LogP contribution is 2.28. The fourth-order valence-corrected chi connectivity index (χ4v) is 3.20. The van der Waals surface area contributed by atoms with Gasteiger partial charge in [-0.1, -0.05) is 0 Å². The molecule has 0 unspecified atom stereocenters. The molecule has 0 aliphatic heterocycles. The number of rotatable bonds is 3. The molecule has 1 saturated carbocycles. The Morgan fingerprint density at radius 2 is 1.95 bits per heavy atom. The normalized spacial score (nSPS) is 21.7. The Morgan fingerprint density at radius 1 is 1.27 bits per heavy atom. The van der Waals surface area contributed by atoms with Crippen molar-refractivity contribution in [3.8, 4) is 0 Å². The van der Waals surface area contributed by atoms with Crippen LogP contribution in [0.2, 0.25) is 0 Å². The molecule has 0 amide bonds. The lowest BCUT2D eigenvalue weighted by Crippen LogP contribution is -2.25. The van der Waals surface area contributed by atoms with E-state index in [0.29, 0.717) is 16.8 Å². The maximum Gasteiger partial charge on any atom is 0.255 e. The van der Waals surface area contributed by atoms with Crippen molar-refractivity contribution < 1.29 is 5.11 Å². The van der Waals surface area contributed by atoms with E-state index in [1.165, 1.54) is 6.33 Å². The maximum atomic E-state index is 12.1. The van der Waals surface area contributed by atoms with E-state index >= 15 is 0 Å². The molecule has 1 fully saturated rings. The van der Waals surface area contributed by atoms with Crippen molar-refractivity contribution in [1.29, 1.82) is 0 Å². The topological polar surface area (TPSA) is 83.8 Å². The molecule has 2 N–H and O–H groups in total. The van der Waals surface area contributed by atoms with E-state index < -0.39 is 0 Å². The highest BCUT2D eigenvalue weighted by Gasteiger charge is 2.21. The minimum absolute atomic E-state index is 0.166. The first-order valence-electron chi connectivity index (χ1n) is 7.40. The second-order valence-electron chi connectivity index (χ2n) is 5.71. The van der Waals surface area contributed by atoms with Crippen LogP contribution in [0.1, 0.15) is 42.9 Å². The van der Waals surface area contributed by atoms with Crippen LogP contribution in [0.5, 0.6) is 0 Å². The zero-order valence-corrected chi connectivity index (χ0v) is 12.9. The van der Waals surface area contributed by atoms with Gasteiger partial charge in [-0.05, 0) is 43.5 Å². The summed E-state index contributed by atoms with van der Waals surface area (Å²) in [5, 5.41) is 9.63. The molecule has 1 aliphatic carbocycles. The quantitative estimate of drug-likeness (QED) is 0.843. The first-order chi connectivity index (χ1) is 10.6. The van der Waals surface area contributed by atoms with Crippen molar-refractivity contribution in [1.82, 2.24) is 19.5 Å². The number of aromatic amines is 1. The van der Waals surface area contributed by atoms with Crippen LogP contribution >= 0.6 is 12.2 Å². The molecular weight excluding hydrogens is 300 g/mol. The summed E-state index contributed by atoms with van der Waals surface area (Å²) in [6.07, 6.45) is 10.3. The van der Waals surface area contributed by atoms with Crippen molar-refractivity contribution in [2.24, 2.45) is 0 Å². The molecule has 1 aliphatic rings. The van der Waals surface area contributed by atoms with Gasteiger partial charge < -0.3 is 9.67 Å². The number of hydrogen-bond acceptors (Lipinski definition) is 5. The number of aliphatic hydroxyl groups excluding tert-OH is 1. The summed E-state index contributed by atoms with van der Waals surface area (Å²) < 4.78 is 2.40. The molecule has 0 spiro atoms. The predicted octanol–water partition coefficient (Wildman–Crippen LogP) is 1.76. The first kappa shape index (κ1) is 15.1. The summed E-state index contributed by atoms with van der Waals surface area (Å²) >= 11 is 5.29. The Hall–Kier alpha value is -1.86. The van der Waals surface area contributed by atoms with E-state index in [9.17, 15) is 9.90 Å². The highest BCUT2D eigenvalue weighted by atomic mass is 32.1. The lowest BCUT2D eigenvalue weighted by Gasteiger charge is -2.27. The summed E-state index contributed by atoms with van der Waals surface area (Å²) in [6, 6.07) is 0.235. The van der Waals surface area contributed by atoms with Crippen molar-refractivity contribution in [2.75, 3.05) is 0 Å². The van der Waals surface area contributed by atoms with Gasteiger partial charge >= 0.3 is 0 Å². The minimum Gasteiger partial charge on any atom is -0.393 e. The van der Waals surface area contributed by atoms with Crippen molar-refractivity contribution >= 4 is 12.2 Å². The number of hydrogen-bond donors (Lipinski definition) is 2. The fraction of sp³-hybridized carbons (Fsp3) is 0.467. The van der Waals surface area contributed by atoms with Gasteiger partial charge in [-0.2, -0.15) is 0 Å². The third kappa shape index (κ3) is 3.31. The summed E-state index contributed by atoms with van der Waals surface area (Å²) in [7, 11) is 0. The second-order valence-corrected chi connectivity index (χ2v) is 6.09. The number of nitrogens with one attached hydrogen (secondary N) is 1. The Balaban J connectivity index is 1.90. The van der Waals surface area contributed by atoms with E-state index in [4.69, 9.17) is 12.2 Å². The lowest BCUT2D eigenvalue weighted by molar-refractivity contribution is 0.110. The SMILES string of the molecule is O=c1[nH]c(=S)n(C2CCC(O)CC2)cc1Cc1cncnc1. The van der Waals surface area contributed by atoms with Gasteiger partial charge in [0, 0.05) is 36.6 Å². The van der Waals surface area contributed by atoms with Crippen LogP contribution in [-0.2, 0) is 6.42 Å². The monoisotopic (exact) mass is 318 g/mol. The molecule has 0 aromatic carbocycles. The van der Waals surface area contributed by atoms with E-state index in [1.807, 2.05) is 10.8 Å². The molecular formula is C15H18N4O2S. The fourth-order valence-electron chi connectivity index (χ4n) is 2.90. The average Bonchev–Trinajstić information content (AvgIpc) is 2.52. The van der Waals surface area contributed by atoms with Crippen LogP contribution < -0.4 is 5.56 Å². The number of aromatic nitrogens is 4. The molecule has 2 heterocycles. The van der Waals surface area contributed by atoms with Crippen LogP contribution in [0.25, 0.3) is 0 Å². The van der Waals surface area contributed by atoms with Crippen molar-refractivity contribution in [3.05, 3.63) is 51.2 Å². The van der Waals surface area contributed by atoms with E-state index in [1.54, 1.807) is 12.4 Å². The Morgan fingerprint density at radius 3 is 2.64 bits per heavy atom. The minimum atomic E-state index is -0.214. The number of aliphatic hydroxyl groups is 1. The van der Waals surface area contributed by atoms with Gasteiger partial charge in [0.15, 0.2) is 4.77 Å². The Kier molecular flexibility index (Phi) is 4.44. The number of nitrogens with zero attached hydrogens (tertiary/aromatic N) is 3. The molecule has 0 atom stereocenters. The van der Waals surface area contributed by atoms with Gasteiger partial charge in [0.1, 0.15) is 6.33 Å². The molecule has 7 heteroatoms. The maximum absolute atomic E-state index is 12.1. The Bertz CT molecular complexity index is 748. The molecule has 0 radical (unpaired) electrons. The summed E-state index contributed by atoms with van der Waals surface area (Å²) in [5.74, 6) is 0. The van der Waals surface area contributed by atoms with Crippen LogP contribution in [0, 0.1) is 4.77 Å². The van der Waals surface area contributed by atoms with Crippen LogP contribution in [-0.4, -0.2) is 30.7 Å². The molecule has 0 saturated heterocycles. The molecule has 116 valence electrons. The summed E-state index contributed by atoms with van der Waals surface area (Å²) in [4.78, 5) is 22.8. The highest BCUT2D eigenvalue weighted by molar-refractivity contribution is 7.71. The molecule has 2 aromatic heterocycles. The van der Waals surface area contributed by atoms with Crippen molar-refractivity contribution in [2.45, 2.75) is 44.2 Å². The van der Waals surface area contributed by atoms with Gasteiger partial charge in [-0.15, -0.1) is 0 Å². The van der Waals surface area contributed by atoms with E-state index in [0.717, 1.165) is 31.2 Å². The van der Waals surface area contributed by atoms with Gasteiger partial charge in [-0.3, -0.25) is 9.78 Å². The van der Waals surface area contributed by atoms with Crippen molar-refractivity contribution in [3.63, 3.8) is 0 Å². The zero-order valence-electron chi connectivity index (χ0n) is 12.1. The van der Waals surface area contributed by atoms with Crippen LogP contribution in [0.3, 0.4) is 0 Å². The lowest BCUT2D eigenvalue weighted by atomic mass is 9.93. The second kappa shape index (κ2) is 6.50. The van der Waals surface area contributed by atoms with Gasteiger partial charge in [-0.25, -0.2) is 9.97 Å². The molecule has 0 bridgehead atoms. The third-order valence-corrected chi connectivity index (χ3v) is 4.42. The number of H-pyrrole nitrogens is 1. The molecule has 6 nitrogen and oxygen atoms in total. The van der Waals surface area contributed by atoms with Gasteiger partial charge in [0.25, 0.3) is 5.56 Å². The summed E-state index contributed by atoms with van der Waals surface area (Å²) in [5.41, 5.74) is 1.37. The molecule has 3 rings (SSSR count).